The predicted molar refractivity (Wildman–Crippen MR) is 117 cm³/mol. The average Bonchev–Trinajstić information content (AvgIpc) is 3.17. The molecular formula is C24H27ClN2O2. The van der Waals surface area contributed by atoms with Gasteiger partial charge >= 0.3 is 5.97 Å². The Kier molecular flexibility index (Phi) is 5.77. The number of esters is 1. The molecule has 2 atom stereocenters. The van der Waals surface area contributed by atoms with Gasteiger partial charge in [-0.05, 0) is 55.2 Å². The van der Waals surface area contributed by atoms with Crippen molar-refractivity contribution < 1.29 is 9.53 Å². The maximum atomic E-state index is 13.1. The summed E-state index contributed by atoms with van der Waals surface area (Å²) in [5.74, 6) is -0.501. The Labute approximate surface area is 177 Å². The summed E-state index contributed by atoms with van der Waals surface area (Å²) in [6.45, 7) is 5.93. The Hall–Kier alpha value is -2.14. The van der Waals surface area contributed by atoms with Gasteiger partial charge in [-0.1, -0.05) is 53.6 Å². The number of ether oxygens (including phenoxy) is 1. The number of aryl methyl sites for hydroxylation is 1. The van der Waals surface area contributed by atoms with E-state index in [4.69, 9.17) is 16.3 Å². The molecule has 1 aliphatic heterocycles. The summed E-state index contributed by atoms with van der Waals surface area (Å²) in [4.78, 5) is 13.1. The Morgan fingerprint density at radius 3 is 2.38 bits per heavy atom. The minimum atomic E-state index is -0.616. The van der Waals surface area contributed by atoms with E-state index in [0.717, 1.165) is 35.7 Å². The Morgan fingerprint density at radius 2 is 1.76 bits per heavy atom. The summed E-state index contributed by atoms with van der Waals surface area (Å²) in [5, 5.41) is 7.86. The fourth-order valence-corrected chi connectivity index (χ4v) is 4.72. The second kappa shape index (κ2) is 8.31. The third-order valence-corrected chi connectivity index (χ3v) is 6.21. The van der Waals surface area contributed by atoms with Gasteiger partial charge in [0.25, 0.3) is 0 Å². The zero-order chi connectivity index (χ0) is 20.4. The monoisotopic (exact) mass is 410 g/mol. The third kappa shape index (κ3) is 3.97. The minimum Gasteiger partial charge on any atom is -0.466 e. The molecule has 2 aliphatic rings. The molecule has 1 aliphatic carbocycles. The van der Waals surface area contributed by atoms with Gasteiger partial charge in [0.1, 0.15) is 5.66 Å². The van der Waals surface area contributed by atoms with Crippen LogP contribution in [0, 0.1) is 12.8 Å². The van der Waals surface area contributed by atoms with Crippen LogP contribution in [0.4, 0.5) is 0 Å². The fraction of sp³-hybridized carbons (Fsp3) is 0.375. The molecule has 0 radical (unpaired) electrons. The Morgan fingerprint density at radius 1 is 1.10 bits per heavy atom. The van der Waals surface area contributed by atoms with Crippen LogP contribution >= 0.6 is 11.6 Å². The number of rotatable bonds is 4. The van der Waals surface area contributed by atoms with E-state index in [0.29, 0.717) is 6.61 Å². The highest BCUT2D eigenvalue weighted by Gasteiger charge is 2.51. The van der Waals surface area contributed by atoms with Gasteiger partial charge in [0, 0.05) is 24.0 Å². The van der Waals surface area contributed by atoms with Crippen LogP contribution in [0.2, 0.25) is 5.02 Å². The number of carbonyl (C=O) groups is 1. The number of hydrogen-bond donors (Lipinski definition) is 2. The minimum absolute atomic E-state index is 0.00317. The molecule has 1 spiro atoms. The molecule has 2 N–H and O–H groups in total. The Bertz CT molecular complexity index is 899. The van der Waals surface area contributed by atoms with Crippen molar-refractivity contribution in [1.82, 2.24) is 10.6 Å². The molecule has 2 unspecified atom stereocenters. The van der Waals surface area contributed by atoms with E-state index in [-0.39, 0.29) is 17.8 Å². The topological polar surface area (TPSA) is 50.4 Å². The molecule has 5 heteroatoms. The molecule has 1 saturated heterocycles. The standard InChI is InChI=1S/C24H27ClN2O2/c1-3-29-23(28)22-21(18-6-4-16(2)5-7-18)14-19(15-24(22)26-12-13-27-24)17-8-10-20(25)11-9-17/h4-11,15,21-22,26-27H,3,12-14H2,1-2H3. The van der Waals surface area contributed by atoms with Gasteiger partial charge in [0.15, 0.2) is 0 Å². The van der Waals surface area contributed by atoms with E-state index in [2.05, 4.69) is 47.9 Å². The maximum absolute atomic E-state index is 13.1. The van der Waals surface area contributed by atoms with Crippen molar-refractivity contribution in [3.63, 3.8) is 0 Å². The largest absolute Gasteiger partial charge is 0.466 e. The predicted octanol–water partition coefficient (Wildman–Crippen LogP) is 4.29. The highest BCUT2D eigenvalue weighted by Crippen LogP contribution is 2.46. The summed E-state index contributed by atoms with van der Waals surface area (Å²) >= 11 is 6.10. The molecule has 152 valence electrons. The second-order valence-corrected chi connectivity index (χ2v) is 8.29. The first kappa shape index (κ1) is 20.1. The summed E-state index contributed by atoms with van der Waals surface area (Å²) in [5.41, 5.74) is 4.08. The molecule has 0 amide bonds. The number of allylic oxidation sites excluding steroid dienone is 1. The molecule has 1 heterocycles. The van der Waals surface area contributed by atoms with E-state index < -0.39 is 5.66 Å². The number of benzene rings is 2. The second-order valence-electron chi connectivity index (χ2n) is 7.85. The van der Waals surface area contributed by atoms with Crippen LogP contribution in [0.3, 0.4) is 0 Å². The highest BCUT2D eigenvalue weighted by atomic mass is 35.5. The quantitative estimate of drug-likeness (QED) is 0.738. The first-order chi connectivity index (χ1) is 14.0. The number of halogens is 1. The smallest absolute Gasteiger partial charge is 0.313 e. The van der Waals surface area contributed by atoms with Crippen molar-refractivity contribution in [3.8, 4) is 0 Å². The van der Waals surface area contributed by atoms with Crippen molar-refractivity contribution in [2.45, 2.75) is 31.8 Å². The van der Waals surface area contributed by atoms with Gasteiger partial charge in [-0.25, -0.2) is 0 Å². The van der Waals surface area contributed by atoms with E-state index in [1.807, 2.05) is 31.2 Å². The van der Waals surface area contributed by atoms with Crippen molar-refractivity contribution in [3.05, 3.63) is 76.3 Å². The molecule has 2 aromatic carbocycles. The Balaban J connectivity index is 1.83. The van der Waals surface area contributed by atoms with Crippen LogP contribution < -0.4 is 10.6 Å². The molecular weight excluding hydrogens is 384 g/mol. The lowest BCUT2D eigenvalue weighted by atomic mass is 9.69. The lowest BCUT2D eigenvalue weighted by molar-refractivity contribution is -0.151. The molecule has 4 nitrogen and oxygen atoms in total. The molecule has 2 aromatic rings. The van der Waals surface area contributed by atoms with Crippen LogP contribution in [-0.2, 0) is 9.53 Å². The van der Waals surface area contributed by atoms with Gasteiger partial charge in [0.05, 0.1) is 12.5 Å². The summed E-state index contributed by atoms with van der Waals surface area (Å²) in [6.07, 6.45) is 2.95. The van der Waals surface area contributed by atoms with Crippen molar-refractivity contribution in [2.75, 3.05) is 19.7 Å². The van der Waals surface area contributed by atoms with Gasteiger partial charge in [0.2, 0.25) is 0 Å². The van der Waals surface area contributed by atoms with E-state index in [1.165, 1.54) is 11.1 Å². The third-order valence-electron chi connectivity index (χ3n) is 5.96. The number of carbonyl (C=O) groups excluding carboxylic acids is 1. The van der Waals surface area contributed by atoms with E-state index in [9.17, 15) is 4.79 Å². The van der Waals surface area contributed by atoms with Crippen LogP contribution in [-0.4, -0.2) is 31.3 Å². The van der Waals surface area contributed by atoms with Crippen molar-refractivity contribution in [1.29, 1.82) is 0 Å². The maximum Gasteiger partial charge on any atom is 0.313 e. The molecule has 0 bridgehead atoms. The normalized spacial score (nSPS) is 23.1. The molecule has 0 aromatic heterocycles. The summed E-state index contributed by atoms with van der Waals surface area (Å²) < 4.78 is 5.53. The molecule has 0 saturated carbocycles. The molecule has 1 fully saturated rings. The lowest BCUT2D eigenvalue weighted by Gasteiger charge is -2.43. The van der Waals surface area contributed by atoms with Gasteiger partial charge in [-0.15, -0.1) is 0 Å². The van der Waals surface area contributed by atoms with Crippen molar-refractivity contribution in [2.24, 2.45) is 5.92 Å². The first-order valence-corrected chi connectivity index (χ1v) is 10.6. The summed E-state index contributed by atoms with van der Waals surface area (Å²) in [6, 6.07) is 16.4. The van der Waals surface area contributed by atoms with Gasteiger partial charge < -0.3 is 4.74 Å². The lowest BCUT2D eigenvalue weighted by Crippen LogP contribution is -2.60. The van der Waals surface area contributed by atoms with Crippen LogP contribution in [0.15, 0.2) is 54.6 Å². The average molecular weight is 411 g/mol. The van der Waals surface area contributed by atoms with E-state index >= 15 is 0 Å². The zero-order valence-corrected chi connectivity index (χ0v) is 17.6. The van der Waals surface area contributed by atoms with Crippen LogP contribution in [0.1, 0.15) is 36.0 Å². The molecule has 29 heavy (non-hydrogen) atoms. The van der Waals surface area contributed by atoms with Gasteiger partial charge in [-0.3, -0.25) is 15.4 Å². The van der Waals surface area contributed by atoms with Gasteiger partial charge in [-0.2, -0.15) is 0 Å². The van der Waals surface area contributed by atoms with E-state index in [1.54, 1.807) is 0 Å². The first-order valence-electron chi connectivity index (χ1n) is 10.2. The van der Waals surface area contributed by atoms with Crippen LogP contribution in [0.25, 0.3) is 5.57 Å². The highest BCUT2D eigenvalue weighted by molar-refractivity contribution is 6.30. The number of hydrogen-bond acceptors (Lipinski definition) is 4. The van der Waals surface area contributed by atoms with Crippen molar-refractivity contribution >= 4 is 23.1 Å². The fourth-order valence-electron chi connectivity index (χ4n) is 4.59. The zero-order valence-electron chi connectivity index (χ0n) is 16.9. The number of nitrogens with one attached hydrogen (secondary N) is 2. The SMILES string of the molecule is CCOC(=O)C1C(c2ccc(C)cc2)CC(c2ccc(Cl)cc2)=CC12NCCN2. The molecule has 4 rings (SSSR count). The summed E-state index contributed by atoms with van der Waals surface area (Å²) in [7, 11) is 0. The van der Waals surface area contributed by atoms with Crippen LogP contribution in [0.5, 0.6) is 0 Å².